The minimum atomic E-state index is -2.61. The molecule has 0 bridgehead atoms. The van der Waals surface area contributed by atoms with Crippen LogP contribution in [0.15, 0.2) is 54.6 Å². The van der Waals surface area contributed by atoms with Crippen molar-refractivity contribution in [2.24, 2.45) is 0 Å². The molecule has 0 aliphatic heterocycles. The second-order valence-electron chi connectivity index (χ2n) is 4.43. The van der Waals surface area contributed by atoms with Crippen LogP contribution in [0.25, 0.3) is 11.1 Å². The molecule has 0 aromatic heterocycles. The maximum absolute atomic E-state index is 10.5. The van der Waals surface area contributed by atoms with Crippen molar-refractivity contribution in [3.63, 3.8) is 0 Å². The molecule has 0 N–H and O–H groups in total. The highest BCUT2D eigenvalue weighted by Crippen LogP contribution is 2.27. The zero-order valence-electron chi connectivity index (χ0n) is 10.9. The molecule has 0 amide bonds. The van der Waals surface area contributed by atoms with Gasteiger partial charge in [0.05, 0.1) is 11.4 Å². The fraction of sp³-hybridized carbons (Fsp3) is 0.200. The van der Waals surface area contributed by atoms with Crippen molar-refractivity contribution in [3.05, 3.63) is 60.2 Å². The largest absolute Gasteiger partial charge is 0.750 e. The van der Waals surface area contributed by atoms with Gasteiger partial charge in [0.1, 0.15) is 0 Å². The lowest BCUT2D eigenvalue weighted by molar-refractivity contribution is 0.248. The molecule has 0 spiro atoms. The fourth-order valence-electron chi connectivity index (χ4n) is 1.92. The average Bonchev–Trinajstić information content (AvgIpc) is 2.47. The zero-order chi connectivity index (χ0) is 14.5. The number of halogens is 1. The van der Waals surface area contributed by atoms with E-state index in [9.17, 15) is 8.76 Å². The molecule has 2 aromatic carbocycles. The minimum absolute atomic E-state index is 0.223. The molecule has 0 saturated carbocycles. The highest BCUT2D eigenvalue weighted by Gasteiger charge is 2.17. The van der Waals surface area contributed by atoms with Crippen molar-refractivity contribution >= 4 is 23.0 Å². The Labute approximate surface area is 126 Å². The number of benzene rings is 2. The van der Waals surface area contributed by atoms with Crippen LogP contribution in [-0.2, 0) is 15.5 Å². The lowest BCUT2D eigenvalue weighted by Crippen LogP contribution is -2.15. The first-order valence-corrected chi connectivity index (χ1v) is 7.57. The van der Waals surface area contributed by atoms with Crippen LogP contribution < -0.4 is 0 Å². The van der Waals surface area contributed by atoms with E-state index in [4.69, 9.17) is 11.6 Å². The number of hydrogen-bond acceptors (Lipinski definition) is 3. The highest BCUT2D eigenvalue weighted by molar-refractivity contribution is 7.74. The van der Waals surface area contributed by atoms with Gasteiger partial charge in [-0.1, -0.05) is 73.1 Å². The summed E-state index contributed by atoms with van der Waals surface area (Å²) in [5, 5.41) is 0. The van der Waals surface area contributed by atoms with Gasteiger partial charge in [0, 0.05) is 5.92 Å². The normalized spacial score (nSPS) is 15.6. The molecule has 0 aliphatic carbocycles. The lowest BCUT2D eigenvalue weighted by atomic mass is 9.98. The van der Waals surface area contributed by atoms with Crippen molar-refractivity contribution in [2.75, 3.05) is 0 Å². The summed E-state index contributed by atoms with van der Waals surface area (Å²) in [6.07, 6.45) is 0. The molecule has 3 nitrogen and oxygen atoms in total. The van der Waals surface area contributed by atoms with Crippen molar-refractivity contribution in [1.82, 2.24) is 0 Å². The molecular weight excluding hydrogens is 296 g/mol. The molecule has 0 heterocycles. The SMILES string of the molecule is CC(c1ccc(-c2ccccc2)cc1)C(Cl)OS(=O)[O-]. The van der Waals surface area contributed by atoms with Gasteiger partial charge in [-0.05, 0) is 16.7 Å². The van der Waals surface area contributed by atoms with Crippen LogP contribution in [0.4, 0.5) is 0 Å². The van der Waals surface area contributed by atoms with Crippen LogP contribution in [0.1, 0.15) is 18.4 Å². The Bertz CT molecular complexity index is 571. The second-order valence-corrected chi connectivity index (χ2v) is 5.46. The molecule has 0 aliphatic rings. The molecule has 2 rings (SSSR count). The molecule has 0 fully saturated rings. The first-order chi connectivity index (χ1) is 9.58. The Morgan fingerprint density at radius 1 is 1.05 bits per heavy atom. The average molecular weight is 310 g/mol. The Balaban J connectivity index is 2.14. The van der Waals surface area contributed by atoms with Gasteiger partial charge in [0.25, 0.3) is 0 Å². The van der Waals surface area contributed by atoms with E-state index in [1.165, 1.54) is 0 Å². The third kappa shape index (κ3) is 3.90. The van der Waals surface area contributed by atoms with E-state index in [2.05, 4.69) is 4.18 Å². The smallest absolute Gasteiger partial charge is 0.153 e. The van der Waals surface area contributed by atoms with Crippen molar-refractivity contribution in [3.8, 4) is 11.1 Å². The van der Waals surface area contributed by atoms with Gasteiger partial charge < -0.3 is 4.55 Å². The monoisotopic (exact) mass is 309 g/mol. The minimum Gasteiger partial charge on any atom is -0.750 e. The fourth-order valence-corrected chi connectivity index (χ4v) is 2.56. The number of alkyl halides is 1. The van der Waals surface area contributed by atoms with Gasteiger partial charge in [-0.3, -0.25) is 4.18 Å². The Morgan fingerprint density at radius 3 is 2.15 bits per heavy atom. The first-order valence-electron chi connectivity index (χ1n) is 6.14. The van der Waals surface area contributed by atoms with Crippen LogP contribution in [0, 0.1) is 0 Å². The van der Waals surface area contributed by atoms with E-state index >= 15 is 0 Å². The molecule has 5 heteroatoms. The molecule has 106 valence electrons. The van der Waals surface area contributed by atoms with E-state index in [1.54, 1.807) is 0 Å². The van der Waals surface area contributed by atoms with Crippen LogP contribution in [0.2, 0.25) is 0 Å². The molecule has 3 unspecified atom stereocenters. The van der Waals surface area contributed by atoms with Crippen molar-refractivity contribution < 1.29 is 12.9 Å². The van der Waals surface area contributed by atoms with Gasteiger partial charge in [0.2, 0.25) is 0 Å². The third-order valence-corrected chi connectivity index (χ3v) is 4.04. The van der Waals surface area contributed by atoms with E-state index in [-0.39, 0.29) is 5.92 Å². The van der Waals surface area contributed by atoms with Gasteiger partial charge in [0.15, 0.2) is 5.56 Å². The summed E-state index contributed by atoms with van der Waals surface area (Å²) >= 11 is 3.30. The van der Waals surface area contributed by atoms with Crippen LogP contribution in [0.5, 0.6) is 0 Å². The predicted molar refractivity (Wildman–Crippen MR) is 79.9 cm³/mol. The van der Waals surface area contributed by atoms with Gasteiger partial charge in [-0.2, -0.15) is 0 Å². The molecule has 0 saturated heterocycles. The maximum Gasteiger partial charge on any atom is 0.153 e. The molecule has 0 radical (unpaired) electrons. The Hall–Kier alpha value is -1.20. The zero-order valence-corrected chi connectivity index (χ0v) is 12.4. The third-order valence-electron chi connectivity index (χ3n) is 3.11. The summed E-state index contributed by atoms with van der Waals surface area (Å²) in [7, 11) is 0. The standard InChI is InChI=1S/C15H15ClO3S/c1-11(15(16)19-20(17)18)12-7-9-14(10-8-12)13-5-3-2-4-6-13/h2-11,15H,1H3,(H,17,18)/p-1. The van der Waals surface area contributed by atoms with Gasteiger partial charge in [-0.15, -0.1) is 0 Å². The topological polar surface area (TPSA) is 49.4 Å². The summed E-state index contributed by atoms with van der Waals surface area (Å²) in [4.78, 5) is 0. The van der Waals surface area contributed by atoms with Gasteiger partial charge >= 0.3 is 0 Å². The summed E-state index contributed by atoms with van der Waals surface area (Å²) in [5.41, 5.74) is 2.25. The van der Waals surface area contributed by atoms with Crippen LogP contribution in [0.3, 0.4) is 0 Å². The summed E-state index contributed by atoms with van der Waals surface area (Å²) in [6, 6.07) is 17.8. The summed E-state index contributed by atoms with van der Waals surface area (Å²) in [6.45, 7) is 1.82. The van der Waals surface area contributed by atoms with E-state index in [1.807, 2.05) is 61.5 Å². The van der Waals surface area contributed by atoms with E-state index < -0.39 is 16.9 Å². The van der Waals surface area contributed by atoms with Gasteiger partial charge in [-0.25, -0.2) is 4.21 Å². The Morgan fingerprint density at radius 2 is 1.60 bits per heavy atom. The number of hydrogen-bond donors (Lipinski definition) is 0. The van der Waals surface area contributed by atoms with Crippen LogP contribution >= 0.6 is 11.6 Å². The Kier molecular flexibility index (Phi) is 5.31. The molecule has 2 aromatic rings. The van der Waals surface area contributed by atoms with E-state index in [0.29, 0.717) is 0 Å². The first kappa shape index (κ1) is 15.2. The predicted octanol–water partition coefficient (Wildman–Crippen LogP) is 3.83. The molecule has 3 atom stereocenters. The summed E-state index contributed by atoms with van der Waals surface area (Å²) < 4.78 is 25.5. The van der Waals surface area contributed by atoms with Crippen molar-refractivity contribution in [1.29, 1.82) is 0 Å². The van der Waals surface area contributed by atoms with Crippen LogP contribution in [-0.4, -0.2) is 14.3 Å². The second kappa shape index (κ2) is 6.99. The van der Waals surface area contributed by atoms with Crippen molar-refractivity contribution in [2.45, 2.75) is 18.4 Å². The molecular formula is C15H14ClO3S-. The lowest BCUT2D eigenvalue weighted by Gasteiger charge is -2.19. The maximum atomic E-state index is 10.5. The summed E-state index contributed by atoms with van der Waals surface area (Å²) in [5.74, 6) is -0.223. The number of rotatable bonds is 5. The quantitative estimate of drug-likeness (QED) is 0.623. The molecule has 20 heavy (non-hydrogen) atoms. The highest BCUT2D eigenvalue weighted by atomic mass is 35.5. The van der Waals surface area contributed by atoms with E-state index in [0.717, 1.165) is 16.7 Å².